The third kappa shape index (κ3) is 3.98. The molecule has 0 unspecified atom stereocenters. The van der Waals surface area contributed by atoms with Crippen LogP contribution >= 0.6 is 22.7 Å². The van der Waals surface area contributed by atoms with E-state index in [0.29, 0.717) is 16.4 Å². The maximum Gasteiger partial charge on any atom is 0.338 e. The molecule has 0 aliphatic carbocycles. The van der Waals surface area contributed by atoms with E-state index in [1.807, 2.05) is 22.9 Å². The number of esters is 1. The van der Waals surface area contributed by atoms with E-state index in [1.165, 1.54) is 11.3 Å². The summed E-state index contributed by atoms with van der Waals surface area (Å²) in [5.41, 5.74) is 7.25. The number of carbonyl (C=O) groups excluding carboxylic acids is 2. The molecule has 0 atom stereocenters. The zero-order chi connectivity index (χ0) is 16.9. The Morgan fingerprint density at radius 1 is 1.17 bits per heavy atom. The highest BCUT2D eigenvalue weighted by Crippen LogP contribution is 2.28. The van der Waals surface area contributed by atoms with Gasteiger partial charge in [0.1, 0.15) is 0 Å². The van der Waals surface area contributed by atoms with Crippen molar-refractivity contribution < 1.29 is 14.3 Å². The van der Waals surface area contributed by atoms with Gasteiger partial charge >= 0.3 is 5.97 Å². The van der Waals surface area contributed by atoms with Gasteiger partial charge in [-0.25, -0.2) is 9.78 Å². The molecule has 1 aromatic carbocycles. The second-order valence-corrected chi connectivity index (χ2v) is 6.57. The molecule has 2 aromatic heterocycles. The predicted molar refractivity (Wildman–Crippen MR) is 95.2 cm³/mol. The first kappa shape index (κ1) is 16.2. The van der Waals surface area contributed by atoms with E-state index in [0.717, 1.165) is 10.6 Å². The van der Waals surface area contributed by atoms with Crippen LogP contribution < -0.4 is 11.1 Å². The van der Waals surface area contributed by atoms with E-state index in [1.54, 1.807) is 35.6 Å². The quantitative estimate of drug-likeness (QED) is 0.539. The Bertz CT molecular complexity index is 842. The van der Waals surface area contributed by atoms with Gasteiger partial charge in [-0.3, -0.25) is 10.1 Å². The Kier molecular flexibility index (Phi) is 4.88. The number of thiazole rings is 1. The number of benzene rings is 1. The van der Waals surface area contributed by atoms with E-state index in [4.69, 9.17) is 10.5 Å². The van der Waals surface area contributed by atoms with Gasteiger partial charge in [0.15, 0.2) is 11.7 Å². The molecule has 0 fully saturated rings. The van der Waals surface area contributed by atoms with Gasteiger partial charge < -0.3 is 10.5 Å². The molecule has 3 aromatic rings. The summed E-state index contributed by atoms with van der Waals surface area (Å²) in [5.74, 6) is -1.02. The van der Waals surface area contributed by atoms with Crippen LogP contribution in [0, 0.1) is 0 Å². The van der Waals surface area contributed by atoms with Crippen molar-refractivity contribution >= 4 is 45.4 Å². The number of hydrogen-bond acceptors (Lipinski definition) is 7. The first-order chi connectivity index (χ1) is 11.6. The van der Waals surface area contributed by atoms with E-state index in [2.05, 4.69) is 10.3 Å². The number of hydrogen-bond donors (Lipinski definition) is 2. The molecule has 0 radical (unpaired) electrons. The monoisotopic (exact) mass is 359 g/mol. The summed E-state index contributed by atoms with van der Waals surface area (Å²) in [7, 11) is 0. The number of amides is 1. The van der Waals surface area contributed by atoms with Crippen molar-refractivity contribution in [3.8, 4) is 10.6 Å². The maximum absolute atomic E-state index is 11.9. The molecule has 0 aliphatic heterocycles. The fraction of sp³-hybridized carbons (Fsp3) is 0.0625. The number of nitrogens with zero attached hydrogens (tertiary/aromatic N) is 1. The van der Waals surface area contributed by atoms with Gasteiger partial charge in [0.05, 0.1) is 16.1 Å². The normalized spacial score (nSPS) is 10.3. The molecule has 24 heavy (non-hydrogen) atoms. The van der Waals surface area contributed by atoms with Gasteiger partial charge in [-0.15, -0.1) is 22.7 Å². The smallest absolute Gasteiger partial charge is 0.338 e. The highest BCUT2D eigenvalue weighted by molar-refractivity contribution is 7.16. The van der Waals surface area contributed by atoms with Crippen molar-refractivity contribution in [3.05, 3.63) is 52.7 Å². The third-order valence-corrected chi connectivity index (χ3v) is 4.65. The Morgan fingerprint density at radius 3 is 2.67 bits per heavy atom. The molecule has 0 spiro atoms. The van der Waals surface area contributed by atoms with Gasteiger partial charge in [0.25, 0.3) is 5.91 Å². The third-order valence-electron chi connectivity index (χ3n) is 3.00. The summed E-state index contributed by atoms with van der Waals surface area (Å²) >= 11 is 2.89. The van der Waals surface area contributed by atoms with Crippen LogP contribution in [-0.2, 0) is 9.53 Å². The average molecular weight is 359 g/mol. The van der Waals surface area contributed by atoms with Gasteiger partial charge in [-0.05, 0) is 35.7 Å². The van der Waals surface area contributed by atoms with Crippen molar-refractivity contribution in [3.63, 3.8) is 0 Å². The fourth-order valence-corrected chi connectivity index (χ4v) is 3.35. The van der Waals surface area contributed by atoms with Crippen LogP contribution in [0.2, 0.25) is 0 Å². The van der Waals surface area contributed by atoms with Crippen molar-refractivity contribution in [2.24, 2.45) is 0 Å². The number of rotatable bonds is 5. The zero-order valence-electron chi connectivity index (χ0n) is 12.4. The van der Waals surface area contributed by atoms with Gasteiger partial charge in [0, 0.05) is 11.1 Å². The lowest BCUT2D eigenvalue weighted by molar-refractivity contribution is -0.119. The number of nitrogen functional groups attached to an aromatic ring is 1. The predicted octanol–water partition coefficient (Wildman–Crippen LogP) is 3.25. The molecule has 0 saturated carbocycles. The summed E-state index contributed by atoms with van der Waals surface area (Å²) in [6.45, 7) is -0.378. The summed E-state index contributed by atoms with van der Waals surface area (Å²) < 4.78 is 4.97. The summed E-state index contributed by atoms with van der Waals surface area (Å²) in [4.78, 5) is 29.0. The number of nitrogens with two attached hydrogens (primary N) is 1. The van der Waals surface area contributed by atoms with Crippen molar-refractivity contribution in [1.29, 1.82) is 0 Å². The minimum atomic E-state index is -0.580. The standard InChI is InChI=1S/C16H13N3O3S2/c17-11-5-3-10(4-6-11)15(21)22-8-14(20)19-16-18-12(9-24-16)13-2-1-7-23-13/h1-7,9H,8,17H2,(H,18,19,20). The van der Waals surface area contributed by atoms with Crippen LogP contribution in [-0.4, -0.2) is 23.5 Å². The van der Waals surface area contributed by atoms with Gasteiger partial charge in [0.2, 0.25) is 0 Å². The Morgan fingerprint density at radius 2 is 1.96 bits per heavy atom. The Balaban J connectivity index is 1.52. The molecular formula is C16H13N3O3S2. The largest absolute Gasteiger partial charge is 0.452 e. The molecule has 3 rings (SSSR count). The van der Waals surface area contributed by atoms with Crippen LogP contribution in [0.5, 0.6) is 0 Å². The zero-order valence-corrected chi connectivity index (χ0v) is 14.0. The summed E-state index contributed by atoms with van der Waals surface area (Å²) in [5, 5.41) is 6.91. The van der Waals surface area contributed by atoms with Gasteiger partial charge in [-0.2, -0.15) is 0 Å². The lowest BCUT2D eigenvalue weighted by Gasteiger charge is -2.05. The molecular weight excluding hydrogens is 346 g/mol. The number of ether oxygens (including phenoxy) is 1. The van der Waals surface area contributed by atoms with Crippen LogP contribution in [0.15, 0.2) is 47.2 Å². The molecule has 0 saturated heterocycles. The minimum Gasteiger partial charge on any atom is -0.452 e. The van der Waals surface area contributed by atoms with Crippen LogP contribution in [0.4, 0.5) is 10.8 Å². The molecule has 3 N–H and O–H groups in total. The molecule has 122 valence electrons. The fourth-order valence-electron chi connectivity index (χ4n) is 1.86. The second kappa shape index (κ2) is 7.24. The second-order valence-electron chi connectivity index (χ2n) is 4.76. The van der Waals surface area contributed by atoms with E-state index >= 15 is 0 Å². The lowest BCUT2D eigenvalue weighted by Crippen LogP contribution is -2.20. The molecule has 0 bridgehead atoms. The highest BCUT2D eigenvalue weighted by Gasteiger charge is 2.12. The van der Waals surface area contributed by atoms with E-state index in [9.17, 15) is 9.59 Å². The minimum absolute atomic E-state index is 0.339. The van der Waals surface area contributed by atoms with E-state index in [-0.39, 0.29) is 6.61 Å². The average Bonchev–Trinajstić information content (AvgIpc) is 3.24. The van der Waals surface area contributed by atoms with E-state index < -0.39 is 11.9 Å². The van der Waals surface area contributed by atoms with Crippen molar-refractivity contribution in [2.45, 2.75) is 0 Å². The first-order valence-electron chi connectivity index (χ1n) is 6.94. The SMILES string of the molecule is Nc1ccc(C(=O)OCC(=O)Nc2nc(-c3cccs3)cs2)cc1. The number of anilines is 2. The van der Waals surface area contributed by atoms with Crippen LogP contribution in [0.1, 0.15) is 10.4 Å². The van der Waals surface area contributed by atoms with Crippen molar-refractivity contribution in [1.82, 2.24) is 4.98 Å². The van der Waals surface area contributed by atoms with Gasteiger partial charge in [-0.1, -0.05) is 6.07 Å². The molecule has 0 aliphatic rings. The number of nitrogens with one attached hydrogen (secondary N) is 1. The van der Waals surface area contributed by atoms with Crippen LogP contribution in [0.3, 0.4) is 0 Å². The highest BCUT2D eigenvalue weighted by atomic mass is 32.1. The summed E-state index contributed by atoms with van der Waals surface area (Å²) in [6, 6.07) is 10.2. The first-order valence-corrected chi connectivity index (χ1v) is 8.69. The Labute approximate surface area is 145 Å². The molecule has 8 heteroatoms. The molecule has 1 amide bonds. The van der Waals surface area contributed by atoms with Crippen LogP contribution in [0.25, 0.3) is 10.6 Å². The Hall–Kier alpha value is -2.71. The summed E-state index contributed by atoms with van der Waals surface area (Å²) in [6.07, 6.45) is 0. The number of thiophene rings is 1. The van der Waals surface area contributed by atoms with Crippen molar-refractivity contribution in [2.75, 3.05) is 17.7 Å². The topological polar surface area (TPSA) is 94.3 Å². The lowest BCUT2D eigenvalue weighted by atomic mass is 10.2. The maximum atomic E-state index is 11.9. The molecule has 6 nitrogen and oxygen atoms in total. The number of aromatic nitrogens is 1. The number of carbonyl (C=O) groups is 2. The molecule has 2 heterocycles.